The fourth-order valence-corrected chi connectivity index (χ4v) is 2.13. The molecule has 11 heteroatoms. The maximum atomic E-state index is 11.5. The number of amides is 2. The third kappa shape index (κ3) is 16.5. The van der Waals surface area contributed by atoms with Gasteiger partial charge in [-0.15, -0.1) is 0 Å². The van der Waals surface area contributed by atoms with Gasteiger partial charge in [0.2, 0.25) is 0 Å². The van der Waals surface area contributed by atoms with Crippen LogP contribution in [0, 0.1) is 11.8 Å². The van der Waals surface area contributed by atoms with Crippen molar-refractivity contribution in [3.8, 4) is 0 Å². The first-order valence-electron chi connectivity index (χ1n) is 10.2. The van der Waals surface area contributed by atoms with Crippen LogP contribution in [0.5, 0.6) is 0 Å². The number of hydrogen-bond donors (Lipinski definition) is 3. The van der Waals surface area contributed by atoms with E-state index in [4.69, 9.17) is 26.2 Å². The number of ether oxygens (including phenoxy) is 3. The van der Waals surface area contributed by atoms with Crippen LogP contribution in [0.2, 0.25) is 0 Å². The Morgan fingerprint density at radius 2 is 1.12 bits per heavy atom. The van der Waals surface area contributed by atoms with E-state index in [2.05, 4.69) is 15.4 Å². The number of carboxylic acid groups (broad SMARTS) is 1. The zero-order valence-electron chi connectivity index (χ0n) is 20.7. The number of carbonyl (C=O) groups excluding carboxylic acids is 3. The van der Waals surface area contributed by atoms with E-state index in [1.807, 2.05) is 0 Å². The highest BCUT2D eigenvalue weighted by Gasteiger charge is 2.28. The van der Waals surface area contributed by atoms with Gasteiger partial charge < -0.3 is 30.0 Å². The molecule has 0 aromatic carbocycles. The summed E-state index contributed by atoms with van der Waals surface area (Å²) < 4.78 is 14.7. The Labute approximate surface area is 195 Å². The fourth-order valence-electron chi connectivity index (χ4n) is 2.02. The first kappa shape index (κ1) is 32.0. The molecule has 10 nitrogen and oxygen atoms in total. The zero-order chi connectivity index (χ0) is 25.9. The Morgan fingerprint density at radius 1 is 0.781 bits per heavy atom. The molecule has 0 aromatic heterocycles. The van der Waals surface area contributed by atoms with Crippen molar-refractivity contribution in [3.05, 3.63) is 0 Å². The molecule has 3 N–H and O–H groups in total. The van der Waals surface area contributed by atoms with Gasteiger partial charge in [-0.2, -0.15) is 0 Å². The van der Waals surface area contributed by atoms with E-state index in [0.717, 1.165) is 0 Å². The average Bonchev–Trinajstić information content (AvgIpc) is 2.54. The number of nitrogens with one attached hydrogen (secondary N) is 2. The molecule has 0 heterocycles. The summed E-state index contributed by atoms with van der Waals surface area (Å²) in [5, 5.41) is 13.6. The Kier molecular flexibility index (Phi) is 14.0. The topological polar surface area (TPSA) is 140 Å². The molecule has 2 atom stereocenters. The van der Waals surface area contributed by atoms with Crippen molar-refractivity contribution in [1.82, 2.24) is 10.6 Å². The molecule has 0 fully saturated rings. The highest BCUT2D eigenvalue weighted by molar-refractivity contribution is 6.17. The minimum atomic E-state index is -1.06. The van der Waals surface area contributed by atoms with Crippen molar-refractivity contribution in [3.63, 3.8) is 0 Å². The van der Waals surface area contributed by atoms with Gasteiger partial charge in [0.05, 0.1) is 0 Å². The van der Waals surface area contributed by atoms with Gasteiger partial charge in [0.15, 0.2) is 6.07 Å². The Hall–Kier alpha value is -2.23. The Balaban J connectivity index is 0. The molecule has 0 aliphatic carbocycles. The Morgan fingerprint density at radius 3 is 1.38 bits per heavy atom. The standard InChI is InChI=1S/C11H20ClNO4.C10H19NO4/c1-7(2)8(9(14)16-6-12)13-10(15)17-11(3,4)5;1-6(2)7(8(12)13)11-9(14)15-10(3,4)5/h7-8H,6H2,1-5H3,(H,13,15);6-7H,1-5H3,(H,11,14)(H,12,13)/t8-;7-/m00/s1. The summed E-state index contributed by atoms with van der Waals surface area (Å²) >= 11 is 5.30. The number of halogens is 1. The maximum Gasteiger partial charge on any atom is 0.408 e. The minimum Gasteiger partial charge on any atom is -0.480 e. The number of carbonyl (C=O) groups is 4. The molecule has 0 spiro atoms. The van der Waals surface area contributed by atoms with Crippen LogP contribution in [0.4, 0.5) is 9.59 Å². The summed E-state index contributed by atoms with van der Waals surface area (Å²) in [6.07, 6.45) is -1.36. The first-order valence-corrected chi connectivity index (χ1v) is 10.8. The number of hydrogen-bond acceptors (Lipinski definition) is 7. The third-order valence-electron chi connectivity index (χ3n) is 3.39. The second-order valence-corrected chi connectivity index (χ2v) is 9.86. The lowest BCUT2D eigenvalue weighted by Gasteiger charge is -2.24. The van der Waals surface area contributed by atoms with Gasteiger partial charge in [-0.3, -0.25) is 0 Å². The molecule has 0 unspecified atom stereocenters. The smallest absolute Gasteiger partial charge is 0.408 e. The predicted octanol–water partition coefficient (Wildman–Crippen LogP) is 3.90. The van der Waals surface area contributed by atoms with Gasteiger partial charge in [0.1, 0.15) is 23.3 Å². The number of alkyl halides is 1. The van der Waals surface area contributed by atoms with E-state index >= 15 is 0 Å². The summed E-state index contributed by atoms with van der Waals surface area (Å²) in [5.41, 5.74) is -1.23. The van der Waals surface area contributed by atoms with Gasteiger partial charge >= 0.3 is 24.1 Å². The van der Waals surface area contributed by atoms with Crippen molar-refractivity contribution in [2.24, 2.45) is 11.8 Å². The van der Waals surface area contributed by atoms with Gasteiger partial charge in [0.25, 0.3) is 0 Å². The molecule has 0 bridgehead atoms. The van der Waals surface area contributed by atoms with Gasteiger partial charge in [-0.05, 0) is 53.4 Å². The van der Waals surface area contributed by atoms with E-state index in [1.54, 1.807) is 69.2 Å². The summed E-state index contributed by atoms with van der Waals surface area (Å²) in [4.78, 5) is 45.1. The molecule has 188 valence electrons. The summed E-state index contributed by atoms with van der Waals surface area (Å²) in [6, 6.07) is -1.92. The SMILES string of the molecule is CC(C)[C@H](NC(=O)OC(C)(C)C)C(=O)O.CC(C)[C@H](NC(=O)OC(C)(C)C)C(=O)OCCl. The van der Waals surface area contributed by atoms with Crippen molar-refractivity contribution >= 4 is 35.7 Å². The van der Waals surface area contributed by atoms with Crippen LogP contribution in [0.1, 0.15) is 69.2 Å². The maximum absolute atomic E-state index is 11.5. The summed E-state index contributed by atoms with van der Waals surface area (Å²) in [7, 11) is 0. The monoisotopic (exact) mass is 482 g/mol. The van der Waals surface area contributed by atoms with Crippen LogP contribution in [0.25, 0.3) is 0 Å². The van der Waals surface area contributed by atoms with E-state index in [-0.39, 0.29) is 17.9 Å². The Bertz CT molecular complexity index is 624. The van der Waals surface area contributed by atoms with Crippen molar-refractivity contribution in [2.45, 2.75) is 92.5 Å². The molecule has 0 aromatic rings. The number of esters is 1. The molecule has 0 radical (unpaired) electrons. The highest BCUT2D eigenvalue weighted by atomic mass is 35.5. The van der Waals surface area contributed by atoms with Crippen LogP contribution < -0.4 is 10.6 Å². The van der Waals surface area contributed by atoms with Crippen LogP contribution in [0.3, 0.4) is 0 Å². The average molecular weight is 483 g/mol. The van der Waals surface area contributed by atoms with Gasteiger partial charge in [-0.1, -0.05) is 39.3 Å². The zero-order valence-corrected chi connectivity index (χ0v) is 21.5. The molecule has 0 saturated carbocycles. The van der Waals surface area contributed by atoms with Gasteiger partial charge in [0, 0.05) is 0 Å². The number of alkyl carbamates (subject to hydrolysis) is 2. The molecule has 32 heavy (non-hydrogen) atoms. The quantitative estimate of drug-likeness (QED) is 0.282. The first-order chi connectivity index (χ1) is 14.3. The molecule has 0 rings (SSSR count). The molecule has 0 saturated heterocycles. The van der Waals surface area contributed by atoms with Crippen molar-refractivity contribution < 1.29 is 38.5 Å². The second kappa shape index (κ2) is 14.0. The number of rotatable bonds is 7. The van der Waals surface area contributed by atoms with Crippen LogP contribution in [-0.2, 0) is 23.8 Å². The van der Waals surface area contributed by atoms with Crippen LogP contribution >= 0.6 is 11.6 Å². The van der Waals surface area contributed by atoms with E-state index in [1.165, 1.54) is 0 Å². The third-order valence-corrected chi connectivity index (χ3v) is 3.50. The minimum absolute atomic E-state index is 0.113. The van der Waals surface area contributed by atoms with Gasteiger partial charge in [-0.25, -0.2) is 19.2 Å². The lowest BCUT2D eigenvalue weighted by Crippen LogP contribution is -2.47. The molecular formula is C21H39ClN2O8. The van der Waals surface area contributed by atoms with E-state index in [9.17, 15) is 19.2 Å². The van der Waals surface area contributed by atoms with E-state index in [0.29, 0.717) is 0 Å². The normalized spacial score (nSPS) is 13.3. The largest absolute Gasteiger partial charge is 0.480 e. The van der Waals surface area contributed by atoms with Crippen LogP contribution in [-0.4, -0.2) is 58.6 Å². The molecule has 0 aliphatic heterocycles. The van der Waals surface area contributed by atoms with Crippen molar-refractivity contribution in [1.29, 1.82) is 0 Å². The highest BCUT2D eigenvalue weighted by Crippen LogP contribution is 2.10. The number of carboxylic acids is 1. The lowest BCUT2D eigenvalue weighted by atomic mass is 10.1. The molecule has 0 aliphatic rings. The predicted molar refractivity (Wildman–Crippen MR) is 120 cm³/mol. The van der Waals surface area contributed by atoms with Crippen LogP contribution in [0.15, 0.2) is 0 Å². The summed E-state index contributed by atoms with van der Waals surface area (Å²) in [6.45, 7) is 17.4. The second-order valence-electron chi connectivity index (χ2n) is 9.65. The summed E-state index contributed by atoms with van der Waals surface area (Å²) in [5.74, 6) is -1.93. The fraction of sp³-hybridized carbons (Fsp3) is 0.810. The molecular weight excluding hydrogens is 444 g/mol. The number of aliphatic carboxylic acids is 1. The molecule has 2 amide bonds. The van der Waals surface area contributed by atoms with Crippen molar-refractivity contribution in [2.75, 3.05) is 6.07 Å². The lowest BCUT2D eigenvalue weighted by molar-refractivity contribution is -0.145. The van der Waals surface area contributed by atoms with E-state index < -0.39 is 47.4 Å².